The number of rotatable bonds is 6. The second kappa shape index (κ2) is 12.2. The van der Waals surface area contributed by atoms with E-state index in [-0.39, 0.29) is 0 Å². The minimum absolute atomic E-state index is 0.482. The van der Waals surface area contributed by atoms with Gasteiger partial charge in [0.25, 0.3) is 0 Å². The first-order valence-corrected chi connectivity index (χ1v) is 17.7. The Kier molecular flexibility index (Phi) is 7.04. The van der Waals surface area contributed by atoms with Gasteiger partial charge in [0.15, 0.2) is 0 Å². The van der Waals surface area contributed by atoms with Crippen LogP contribution >= 0.6 is 0 Å². The molecule has 0 saturated heterocycles. The molecule has 0 saturated carbocycles. The Balaban J connectivity index is 1.21. The molecule has 0 amide bonds. The smallest absolute Gasteiger partial charge is 0.145 e. The van der Waals surface area contributed by atoms with Crippen LogP contribution in [-0.2, 0) is 5.41 Å². The molecule has 0 atom stereocenters. The predicted octanol–water partition coefficient (Wildman–Crippen LogP) is 11.8. The Morgan fingerprint density at radius 1 is 0.423 bits per heavy atom. The lowest BCUT2D eigenvalue weighted by molar-refractivity contribution is 0.769. The van der Waals surface area contributed by atoms with Gasteiger partial charge < -0.3 is 0 Å². The third-order valence-electron chi connectivity index (χ3n) is 10.6. The zero-order chi connectivity index (χ0) is 34.5. The summed E-state index contributed by atoms with van der Waals surface area (Å²) < 4.78 is 2.27. The second-order valence-corrected chi connectivity index (χ2v) is 13.4. The summed E-state index contributed by atoms with van der Waals surface area (Å²) in [6, 6.07) is 67.7. The monoisotopic (exact) mass is 663 g/mol. The van der Waals surface area contributed by atoms with Crippen LogP contribution in [0.3, 0.4) is 0 Å². The molecule has 1 aliphatic rings. The number of fused-ring (bicyclic) bond motifs is 4. The molecule has 0 radical (unpaired) electrons. The fourth-order valence-corrected chi connectivity index (χ4v) is 8.35. The number of imidazole rings is 1. The highest BCUT2D eigenvalue weighted by Crippen LogP contribution is 2.58. The third kappa shape index (κ3) is 4.60. The van der Waals surface area contributed by atoms with Crippen molar-refractivity contribution in [1.82, 2.24) is 14.5 Å². The molecule has 0 spiro atoms. The first kappa shape index (κ1) is 30.0. The van der Waals surface area contributed by atoms with E-state index in [9.17, 15) is 0 Å². The van der Waals surface area contributed by atoms with Crippen LogP contribution in [-0.4, -0.2) is 14.5 Å². The maximum absolute atomic E-state index is 5.07. The standard InChI is InChI=1S/C49H33N3/c1-4-15-35(16-5-1)48-51-46-24-12-13-25-47(46)52(48)39-28-26-34(27-29-39)41-31-43-40-22-10-11-23-44(40)49(37-18-6-2-7-19-37,38-20-8-3-9-21-38)45(43)32-42(41)36-17-14-30-50-33-36/h1-33H. The number of nitrogens with zero attached hydrogens (tertiary/aromatic N) is 3. The number of hydrogen-bond donors (Lipinski definition) is 0. The summed E-state index contributed by atoms with van der Waals surface area (Å²) in [5.41, 5.74) is 15.9. The average Bonchev–Trinajstić information content (AvgIpc) is 3.76. The molecule has 9 aromatic rings. The summed E-state index contributed by atoms with van der Waals surface area (Å²) in [5, 5.41) is 0. The molecule has 52 heavy (non-hydrogen) atoms. The van der Waals surface area contributed by atoms with E-state index in [0.717, 1.165) is 44.8 Å². The van der Waals surface area contributed by atoms with Gasteiger partial charge in [-0.1, -0.05) is 146 Å². The highest BCUT2D eigenvalue weighted by Gasteiger charge is 2.46. The summed E-state index contributed by atoms with van der Waals surface area (Å²) in [5.74, 6) is 0.929. The minimum atomic E-state index is -0.482. The molecule has 7 aromatic carbocycles. The average molecular weight is 664 g/mol. The zero-order valence-corrected chi connectivity index (χ0v) is 28.4. The van der Waals surface area contributed by atoms with Crippen LogP contribution in [0.4, 0.5) is 0 Å². The van der Waals surface area contributed by atoms with E-state index in [2.05, 4.69) is 179 Å². The summed E-state index contributed by atoms with van der Waals surface area (Å²) in [6.07, 6.45) is 3.83. The number of pyridine rings is 1. The Bertz CT molecular complexity index is 2660. The van der Waals surface area contributed by atoms with Crippen molar-refractivity contribution in [3.05, 3.63) is 223 Å². The van der Waals surface area contributed by atoms with Crippen LogP contribution in [0.25, 0.3) is 61.5 Å². The van der Waals surface area contributed by atoms with Crippen LogP contribution in [0.15, 0.2) is 200 Å². The van der Waals surface area contributed by atoms with Crippen LogP contribution in [0, 0.1) is 0 Å². The Hall–Kier alpha value is -6.84. The van der Waals surface area contributed by atoms with Crippen molar-refractivity contribution in [2.75, 3.05) is 0 Å². The molecular weight excluding hydrogens is 631 g/mol. The molecule has 2 aromatic heterocycles. The van der Waals surface area contributed by atoms with Crippen molar-refractivity contribution in [2.24, 2.45) is 0 Å². The first-order valence-electron chi connectivity index (χ1n) is 17.7. The summed E-state index contributed by atoms with van der Waals surface area (Å²) in [6.45, 7) is 0. The van der Waals surface area contributed by atoms with E-state index in [1.54, 1.807) is 0 Å². The van der Waals surface area contributed by atoms with Crippen LogP contribution < -0.4 is 0 Å². The van der Waals surface area contributed by atoms with Crippen molar-refractivity contribution in [2.45, 2.75) is 5.41 Å². The number of hydrogen-bond acceptors (Lipinski definition) is 2. The summed E-state index contributed by atoms with van der Waals surface area (Å²) in [7, 11) is 0. The van der Waals surface area contributed by atoms with E-state index in [0.29, 0.717) is 0 Å². The van der Waals surface area contributed by atoms with Gasteiger partial charge >= 0.3 is 0 Å². The number of aromatic nitrogens is 3. The number of para-hydroxylation sites is 2. The lowest BCUT2D eigenvalue weighted by Gasteiger charge is -2.34. The lowest BCUT2D eigenvalue weighted by Crippen LogP contribution is -2.28. The van der Waals surface area contributed by atoms with E-state index >= 15 is 0 Å². The van der Waals surface area contributed by atoms with Crippen LogP contribution in [0.1, 0.15) is 22.3 Å². The van der Waals surface area contributed by atoms with Crippen LogP contribution in [0.2, 0.25) is 0 Å². The SMILES string of the molecule is c1ccc(-c2nc3ccccc3n2-c2ccc(-c3cc4c(cc3-c3cccnc3)C(c3ccccc3)(c3ccccc3)c3ccccc3-4)cc2)cc1. The lowest BCUT2D eigenvalue weighted by atomic mass is 9.67. The molecule has 1 aliphatic carbocycles. The third-order valence-corrected chi connectivity index (χ3v) is 10.6. The van der Waals surface area contributed by atoms with Gasteiger partial charge in [-0.25, -0.2) is 4.98 Å². The van der Waals surface area contributed by atoms with Crippen molar-refractivity contribution in [3.8, 4) is 50.5 Å². The van der Waals surface area contributed by atoms with E-state index < -0.39 is 5.41 Å². The predicted molar refractivity (Wildman–Crippen MR) is 212 cm³/mol. The molecule has 0 N–H and O–H groups in total. The summed E-state index contributed by atoms with van der Waals surface area (Å²) in [4.78, 5) is 9.66. The molecule has 10 rings (SSSR count). The van der Waals surface area contributed by atoms with Crippen molar-refractivity contribution < 1.29 is 0 Å². The highest BCUT2D eigenvalue weighted by molar-refractivity contribution is 5.95. The fourth-order valence-electron chi connectivity index (χ4n) is 8.35. The van der Waals surface area contributed by atoms with Gasteiger partial charge in [-0.3, -0.25) is 9.55 Å². The maximum atomic E-state index is 5.07. The van der Waals surface area contributed by atoms with Gasteiger partial charge in [0.1, 0.15) is 5.82 Å². The largest absolute Gasteiger partial charge is 0.292 e. The van der Waals surface area contributed by atoms with E-state index in [1.165, 1.54) is 38.9 Å². The minimum Gasteiger partial charge on any atom is -0.292 e. The summed E-state index contributed by atoms with van der Waals surface area (Å²) >= 11 is 0. The van der Waals surface area contributed by atoms with Crippen molar-refractivity contribution in [3.63, 3.8) is 0 Å². The molecule has 0 bridgehead atoms. The highest BCUT2D eigenvalue weighted by atomic mass is 15.1. The quantitative estimate of drug-likeness (QED) is 0.177. The molecular formula is C49H33N3. The molecule has 244 valence electrons. The van der Waals surface area contributed by atoms with Gasteiger partial charge in [0.2, 0.25) is 0 Å². The Labute approximate surface area is 303 Å². The number of benzene rings is 7. The molecule has 3 heteroatoms. The van der Waals surface area contributed by atoms with Crippen molar-refractivity contribution in [1.29, 1.82) is 0 Å². The molecule has 3 nitrogen and oxygen atoms in total. The van der Waals surface area contributed by atoms with Gasteiger partial charge in [0, 0.05) is 29.2 Å². The Morgan fingerprint density at radius 3 is 1.75 bits per heavy atom. The van der Waals surface area contributed by atoms with Gasteiger partial charge in [-0.15, -0.1) is 0 Å². The fraction of sp³-hybridized carbons (Fsp3) is 0.0204. The zero-order valence-electron chi connectivity index (χ0n) is 28.4. The Morgan fingerprint density at radius 2 is 1.04 bits per heavy atom. The second-order valence-electron chi connectivity index (χ2n) is 13.4. The molecule has 0 aliphatic heterocycles. The van der Waals surface area contributed by atoms with Crippen molar-refractivity contribution >= 4 is 11.0 Å². The molecule has 0 fully saturated rings. The van der Waals surface area contributed by atoms with Gasteiger partial charge in [-0.05, 0) is 92.5 Å². The van der Waals surface area contributed by atoms with E-state index in [1.807, 2.05) is 30.6 Å². The van der Waals surface area contributed by atoms with Gasteiger partial charge in [-0.2, -0.15) is 0 Å². The maximum Gasteiger partial charge on any atom is 0.145 e. The molecule has 0 unspecified atom stereocenters. The topological polar surface area (TPSA) is 30.7 Å². The normalized spacial score (nSPS) is 12.8. The van der Waals surface area contributed by atoms with Crippen LogP contribution in [0.5, 0.6) is 0 Å². The first-order chi connectivity index (χ1) is 25.8. The molecule has 2 heterocycles. The van der Waals surface area contributed by atoms with Gasteiger partial charge in [0.05, 0.1) is 16.4 Å². The van der Waals surface area contributed by atoms with E-state index in [4.69, 9.17) is 4.98 Å².